The highest BCUT2D eigenvalue weighted by Crippen LogP contribution is 2.27. The number of hydrogen-bond acceptors (Lipinski definition) is 2. The first-order valence-electron chi connectivity index (χ1n) is 5.46. The Bertz CT molecular complexity index is 327. The predicted molar refractivity (Wildman–Crippen MR) is 61.8 cm³/mol. The number of rotatable bonds is 2. The minimum atomic E-state index is -0.219. The number of nitrogen functional groups attached to an aromatic ring is 1. The van der Waals surface area contributed by atoms with E-state index in [0.717, 1.165) is 37.3 Å². The van der Waals surface area contributed by atoms with Crippen molar-refractivity contribution in [3.63, 3.8) is 0 Å². The van der Waals surface area contributed by atoms with Crippen LogP contribution in [0.4, 0.5) is 15.8 Å². The second kappa shape index (κ2) is 4.51. The van der Waals surface area contributed by atoms with Crippen molar-refractivity contribution in [2.24, 2.45) is 5.92 Å². The topological polar surface area (TPSA) is 29.3 Å². The molecule has 0 bridgehead atoms. The molecule has 1 aliphatic rings. The fourth-order valence-corrected chi connectivity index (χ4v) is 2.19. The van der Waals surface area contributed by atoms with Crippen molar-refractivity contribution in [3.05, 3.63) is 24.3 Å². The van der Waals surface area contributed by atoms with E-state index in [4.69, 9.17) is 5.73 Å². The van der Waals surface area contributed by atoms with Crippen LogP contribution in [0.15, 0.2) is 24.3 Å². The second-order valence-electron chi connectivity index (χ2n) is 4.17. The minimum Gasteiger partial charge on any atom is -0.397 e. The van der Waals surface area contributed by atoms with E-state index in [1.807, 2.05) is 24.3 Å². The second-order valence-corrected chi connectivity index (χ2v) is 4.17. The summed E-state index contributed by atoms with van der Waals surface area (Å²) in [5.74, 6) is 0.179. The average molecular weight is 208 g/mol. The summed E-state index contributed by atoms with van der Waals surface area (Å²) in [5.41, 5.74) is 7.74. The van der Waals surface area contributed by atoms with Crippen LogP contribution in [0.3, 0.4) is 0 Å². The summed E-state index contributed by atoms with van der Waals surface area (Å²) in [6, 6.07) is 7.81. The van der Waals surface area contributed by atoms with Crippen molar-refractivity contribution in [1.82, 2.24) is 0 Å². The van der Waals surface area contributed by atoms with Gasteiger partial charge in [0.15, 0.2) is 0 Å². The smallest absolute Gasteiger partial charge is 0.0939 e. The van der Waals surface area contributed by atoms with Crippen LogP contribution in [0.25, 0.3) is 0 Å². The van der Waals surface area contributed by atoms with Gasteiger partial charge in [-0.2, -0.15) is 0 Å². The fourth-order valence-electron chi connectivity index (χ4n) is 2.19. The van der Waals surface area contributed by atoms with E-state index < -0.39 is 0 Å². The van der Waals surface area contributed by atoms with E-state index in [-0.39, 0.29) is 12.6 Å². The number of anilines is 2. The van der Waals surface area contributed by atoms with Crippen LogP contribution < -0.4 is 10.6 Å². The standard InChI is InChI=1S/C12H17FN2/c13-8-10-4-3-7-15(9-10)12-6-2-1-5-11(12)14/h1-2,5-6,10H,3-4,7-9,14H2/t10-/m1/s1. The molecular formula is C12H17FN2. The Morgan fingerprint density at radius 1 is 1.40 bits per heavy atom. The molecule has 0 aromatic heterocycles. The van der Waals surface area contributed by atoms with E-state index in [1.165, 1.54) is 0 Å². The highest BCUT2D eigenvalue weighted by atomic mass is 19.1. The Morgan fingerprint density at radius 3 is 2.93 bits per heavy atom. The number of piperidine rings is 1. The molecule has 1 aromatic rings. The highest BCUT2D eigenvalue weighted by molar-refractivity contribution is 5.67. The van der Waals surface area contributed by atoms with E-state index in [2.05, 4.69) is 4.90 Å². The van der Waals surface area contributed by atoms with Crippen LogP contribution in [0, 0.1) is 5.92 Å². The summed E-state index contributed by atoms with van der Waals surface area (Å²) in [4.78, 5) is 2.20. The van der Waals surface area contributed by atoms with Crippen molar-refractivity contribution in [2.45, 2.75) is 12.8 Å². The molecule has 1 saturated heterocycles. The third-order valence-corrected chi connectivity index (χ3v) is 3.01. The lowest BCUT2D eigenvalue weighted by molar-refractivity contribution is 0.316. The summed E-state index contributed by atoms with van der Waals surface area (Å²) >= 11 is 0. The molecule has 2 nitrogen and oxygen atoms in total. The summed E-state index contributed by atoms with van der Waals surface area (Å²) < 4.78 is 12.6. The van der Waals surface area contributed by atoms with Gasteiger partial charge in [-0.1, -0.05) is 12.1 Å². The Hall–Kier alpha value is -1.25. The van der Waals surface area contributed by atoms with Crippen molar-refractivity contribution in [1.29, 1.82) is 0 Å². The zero-order valence-corrected chi connectivity index (χ0v) is 8.82. The van der Waals surface area contributed by atoms with E-state index in [0.29, 0.717) is 0 Å². The lowest BCUT2D eigenvalue weighted by Crippen LogP contribution is -2.36. The van der Waals surface area contributed by atoms with Crippen LogP contribution in [0.2, 0.25) is 0 Å². The molecule has 1 aliphatic heterocycles. The van der Waals surface area contributed by atoms with Gasteiger partial charge in [-0.05, 0) is 25.0 Å². The predicted octanol–water partition coefficient (Wildman–Crippen LogP) is 2.45. The first kappa shape index (κ1) is 10.3. The van der Waals surface area contributed by atoms with Crippen molar-refractivity contribution in [2.75, 3.05) is 30.4 Å². The van der Waals surface area contributed by atoms with Crippen LogP contribution in [-0.4, -0.2) is 19.8 Å². The van der Waals surface area contributed by atoms with E-state index in [9.17, 15) is 4.39 Å². The molecule has 0 amide bonds. The Kier molecular flexibility index (Phi) is 3.09. The highest BCUT2D eigenvalue weighted by Gasteiger charge is 2.20. The number of hydrogen-bond donors (Lipinski definition) is 1. The fraction of sp³-hybridized carbons (Fsp3) is 0.500. The Balaban J connectivity index is 2.13. The summed E-state index contributed by atoms with van der Waals surface area (Å²) in [6.07, 6.45) is 2.06. The molecule has 0 aliphatic carbocycles. The number of halogens is 1. The molecular weight excluding hydrogens is 191 g/mol. The largest absolute Gasteiger partial charge is 0.397 e. The number of nitrogens with two attached hydrogens (primary N) is 1. The van der Waals surface area contributed by atoms with E-state index >= 15 is 0 Å². The van der Waals surface area contributed by atoms with Crippen molar-refractivity contribution < 1.29 is 4.39 Å². The van der Waals surface area contributed by atoms with Crippen molar-refractivity contribution in [3.8, 4) is 0 Å². The summed E-state index contributed by atoms with van der Waals surface area (Å²) in [5, 5.41) is 0. The monoisotopic (exact) mass is 208 g/mol. The van der Waals surface area contributed by atoms with Gasteiger partial charge in [0.1, 0.15) is 0 Å². The van der Waals surface area contributed by atoms with Gasteiger partial charge in [0, 0.05) is 19.0 Å². The van der Waals surface area contributed by atoms with Gasteiger partial charge in [-0.25, -0.2) is 0 Å². The molecule has 0 radical (unpaired) electrons. The molecule has 1 aromatic carbocycles. The molecule has 1 atom stereocenters. The summed E-state index contributed by atoms with van der Waals surface area (Å²) in [7, 11) is 0. The van der Waals surface area contributed by atoms with Crippen LogP contribution >= 0.6 is 0 Å². The van der Waals surface area contributed by atoms with Crippen LogP contribution in [0.1, 0.15) is 12.8 Å². The maximum Gasteiger partial charge on any atom is 0.0939 e. The van der Waals surface area contributed by atoms with Crippen molar-refractivity contribution >= 4 is 11.4 Å². The van der Waals surface area contributed by atoms with Gasteiger partial charge >= 0.3 is 0 Å². The molecule has 0 spiro atoms. The first-order valence-corrected chi connectivity index (χ1v) is 5.46. The molecule has 2 N–H and O–H groups in total. The third kappa shape index (κ3) is 2.22. The number of para-hydroxylation sites is 2. The van der Waals surface area contributed by atoms with Gasteiger partial charge in [0.05, 0.1) is 18.0 Å². The third-order valence-electron chi connectivity index (χ3n) is 3.01. The minimum absolute atomic E-state index is 0.179. The molecule has 15 heavy (non-hydrogen) atoms. The zero-order chi connectivity index (χ0) is 10.7. The summed E-state index contributed by atoms with van der Waals surface area (Å²) in [6.45, 7) is 1.57. The number of nitrogens with zero attached hydrogens (tertiary/aromatic N) is 1. The quantitative estimate of drug-likeness (QED) is 0.756. The zero-order valence-electron chi connectivity index (χ0n) is 8.82. The molecule has 0 saturated carbocycles. The number of benzene rings is 1. The average Bonchev–Trinajstić information content (AvgIpc) is 2.30. The van der Waals surface area contributed by atoms with Gasteiger partial charge in [-0.15, -0.1) is 0 Å². The molecule has 3 heteroatoms. The van der Waals surface area contributed by atoms with Crippen LogP contribution in [0.5, 0.6) is 0 Å². The Morgan fingerprint density at radius 2 is 2.20 bits per heavy atom. The lowest BCUT2D eigenvalue weighted by atomic mass is 9.99. The molecule has 1 fully saturated rings. The normalized spacial score (nSPS) is 21.7. The molecule has 82 valence electrons. The van der Waals surface area contributed by atoms with Crippen LogP contribution in [-0.2, 0) is 0 Å². The molecule has 1 heterocycles. The van der Waals surface area contributed by atoms with Gasteiger partial charge in [-0.3, -0.25) is 4.39 Å². The van der Waals surface area contributed by atoms with Gasteiger partial charge in [0.25, 0.3) is 0 Å². The van der Waals surface area contributed by atoms with Gasteiger partial charge < -0.3 is 10.6 Å². The maximum atomic E-state index is 12.6. The first-order chi connectivity index (χ1) is 7.31. The van der Waals surface area contributed by atoms with E-state index in [1.54, 1.807) is 0 Å². The Labute approximate surface area is 89.9 Å². The maximum absolute atomic E-state index is 12.6. The van der Waals surface area contributed by atoms with Gasteiger partial charge in [0.2, 0.25) is 0 Å². The SMILES string of the molecule is Nc1ccccc1N1CCC[C@H](CF)C1. The lowest BCUT2D eigenvalue weighted by Gasteiger charge is -2.33. The molecule has 0 unspecified atom stereocenters. The number of alkyl halides is 1. The molecule has 2 rings (SSSR count).